The molecule has 1 heterocycles. The maximum Gasteiger partial charge on any atom is 0.269 e. The Morgan fingerprint density at radius 3 is 2.31 bits per heavy atom. The number of rotatable bonds is 2. The van der Waals surface area contributed by atoms with Crippen LogP contribution >= 0.6 is 0 Å². The van der Waals surface area contributed by atoms with Crippen molar-refractivity contribution < 1.29 is 24.0 Å². The van der Waals surface area contributed by atoms with Crippen molar-refractivity contribution in [2.75, 3.05) is 0 Å². The zero-order valence-corrected chi connectivity index (χ0v) is 17.5. The molecule has 2 aliphatic carbocycles. The minimum absolute atomic E-state index is 0.0704. The van der Waals surface area contributed by atoms with Crippen LogP contribution in [0, 0.1) is 15.5 Å². The zero-order chi connectivity index (χ0) is 22.8. The summed E-state index contributed by atoms with van der Waals surface area (Å²) in [5.41, 5.74) is 0.751. The van der Waals surface area contributed by atoms with E-state index in [-0.39, 0.29) is 45.8 Å². The topological polar surface area (TPSA) is 104 Å². The SMILES string of the molecule is CC1(C)CC(=O)C2=C(C1)OC1=C(C(=O)c3ccccc3C1=O)C2c1cccc([N+](=O)[O-])c1. The predicted octanol–water partition coefficient (Wildman–Crippen LogP) is 4.69. The Hall–Kier alpha value is -3.87. The fraction of sp³-hybridized carbons (Fsp3) is 0.240. The van der Waals surface area contributed by atoms with Crippen molar-refractivity contribution in [2.45, 2.75) is 32.6 Å². The molecule has 1 atom stereocenters. The van der Waals surface area contributed by atoms with E-state index < -0.39 is 22.4 Å². The number of nitro benzene ring substituents is 1. The summed E-state index contributed by atoms with van der Waals surface area (Å²) < 4.78 is 6.00. The van der Waals surface area contributed by atoms with E-state index in [0.717, 1.165) is 0 Å². The number of benzene rings is 2. The van der Waals surface area contributed by atoms with E-state index in [0.29, 0.717) is 23.3 Å². The molecule has 0 radical (unpaired) electrons. The molecule has 3 aliphatic rings. The van der Waals surface area contributed by atoms with Crippen LogP contribution < -0.4 is 0 Å². The number of nitro groups is 1. The fourth-order valence-electron chi connectivity index (χ4n) is 4.85. The molecule has 32 heavy (non-hydrogen) atoms. The van der Waals surface area contributed by atoms with Gasteiger partial charge in [-0.2, -0.15) is 0 Å². The van der Waals surface area contributed by atoms with E-state index in [1.807, 2.05) is 13.8 Å². The van der Waals surface area contributed by atoms with E-state index in [2.05, 4.69) is 0 Å². The maximum absolute atomic E-state index is 13.5. The summed E-state index contributed by atoms with van der Waals surface area (Å²) in [6.45, 7) is 3.88. The molecule has 7 nitrogen and oxygen atoms in total. The van der Waals surface area contributed by atoms with Gasteiger partial charge in [0.25, 0.3) is 5.69 Å². The molecule has 0 fully saturated rings. The second-order valence-corrected chi connectivity index (χ2v) is 9.11. The summed E-state index contributed by atoms with van der Waals surface area (Å²) in [7, 11) is 0. The van der Waals surface area contributed by atoms with Crippen LogP contribution in [0.2, 0.25) is 0 Å². The lowest BCUT2D eigenvalue weighted by Crippen LogP contribution is -2.37. The van der Waals surface area contributed by atoms with Crippen LogP contribution in [0.1, 0.15) is 58.9 Å². The van der Waals surface area contributed by atoms with Crippen LogP contribution in [0.25, 0.3) is 0 Å². The molecule has 5 rings (SSSR count). The van der Waals surface area contributed by atoms with Gasteiger partial charge in [-0.15, -0.1) is 0 Å². The van der Waals surface area contributed by atoms with Gasteiger partial charge in [-0.3, -0.25) is 24.5 Å². The van der Waals surface area contributed by atoms with Gasteiger partial charge in [-0.25, -0.2) is 0 Å². The molecular weight excluding hydrogens is 410 g/mol. The standard InChI is InChI=1S/C25H19NO6/c1-25(2)11-17(27)20-18(12-25)32-24-21(19(20)13-6-5-7-14(10-13)26(30)31)22(28)15-8-3-4-9-16(15)23(24)29/h3-10,19H,11-12H2,1-2H3. The number of carbonyl (C=O) groups is 3. The molecule has 0 bridgehead atoms. The minimum Gasteiger partial charge on any atom is -0.457 e. The summed E-state index contributed by atoms with van der Waals surface area (Å²) in [5.74, 6) is -1.64. The van der Waals surface area contributed by atoms with Gasteiger partial charge in [0, 0.05) is 47.6 Å². The molecule has 1 unspecified atom stereocenters. The highest BCUT2D eigenvalue weighted by Gasteiger charge is 2.48. The van der Waals surface area contributed by atoms with Crippen LogP contribution in [0.5, 0.6) is 0 Å². The Morgan fingerprint density at radius 2 is 1.62 bits per heavy atom. The highest BCUT2D eigenvalue weighted by Crippen LogP contribution is 2.51. The van der Waals surface area contributed by atoms with Crippen molar-refractivity contribution in [2.24, 2.45) is 5.41 Å². The summed E-state index contributed by atoms with van der Waals surface area (Å²) in [6.07, 6.45) is 0.668. The van der Waals surface area contributed by atoms with Crippen molar-refractivity contribution in [3.63, 3.8) is 0 Å². The first-order valence-electron chi connectivity index (χ1n) is 10.3. The molecule has 2 aromatic carbocycles. The van der Waals surface area contributed by atoms with Crippen LogP contribution in [-0.4, -0.2) is 22.3 Å². The Labute approximate surface area is 183 Å². The number of fused-ring (bicyclic) bond motifs is 1. The number of ether oxygens (including phenoxy) is 1. The Kier molecular flexibility index (Phi) is 4.27. The number of non-ortho nitro benzene ring substituents is 1. The summed E-state index contributed by atoms with van der Waals surface area (Å²) in [5, 5.41) is 11.4. The quantitative estimate of drug-likeness (QED) is 0.507. The van der Waals surface area contributed by atoms with Crippen LogP contribution in [0.15, 0.2) is 71.2 Å². The van der Waals surface area contributed by atoms with E-state index >= 15 is 0 Å². The van der Waals surface area contributed by atoms with E-state index in [9.17, 15) is 24.5 Å². The molecule has 0 amide bonds. The lowest BCUT2D eigenvalue weighted by molar-refractivity contribution is -0.384. The highest BCUT2D eigenvalue weighted by atomic mass is 16.6. The van der Waals surface area contributed by atoms with E-state index in [4.69, 9.17) is 4.74 Å². The average Bonchev–Trinajstić information content (AvgIpc) is 2.75. The van der Waals surface area contributed by atoms with Crippen molar-refractivity contribution in [3.8, 4) is 0 Å². The molecule has 1 aliphatic heterocycles. The van der Waals surface area contributed by atoms with Gasteiger partial charge in [-0.05, 0) is 11.0 Å². The molecule has 0 saturated carbocycles. The van der Waals surface area contributed by atoms with Crippen LogP contribution in [-0.2, 0) is 9.53 Å². The average molecular weight is 429 g/mol. The first-order chi connectivity index (χ1) is 15.2. The monoisotopic (exact) mass is 429 g/mol. The molecule has 2 aromatic rings. The Morgan fingerprint density at radius 1 is 0.938 bits per heavy atom. The summed E-state index contributed by atoms with van der Waals surface area (Å²) >= 11 is 0. The lowest BCUT2D eigenvalue weighted by Gasteiger charge is -2.39. The number of allylic oxidation sites excluding steroid dienone is 4. The number of hydrogen-bond donors (Lipinski definition) is 0. The Balaban J connectivity index is 1.77. The summed E-state index contributed by atoms with van der Waals surface area (Å²) in [4.78, 5) is 51.0. The lowest BCUT2D eigenvalue weighted by atomic mass is 9.67. The summed E-state index contributed by atoms with van der Waals surface area (Å²) in [6, 6.07) is 12.4. The molecule has 0 N–H and O–H groups in total. The number of hydrogen-bond acceptors (Lipinski definition) is 6. The van der Waals surface area contributed by atoms with E-state index in [1.165, 1.54) is 18.2 Å². The van der Waals surface area contributed by atoms with Crippen LogP contribution in [0.3, 0.4) is 0 Å². The van der Waals surface area contributed by atoms with E-state index in [1.54, 1.807) is 30.3 Å². The molecule has 7 heteroatoms. The second-order valence-electron chi connectivity index (χ2n) is 9.11. The number of nitrogens with zero attached hydrogens (tertiary/aromatic N) is 1. The van der Waals surface area contributed by atoms with Gasteiger partial charge in [0.05, 0.1) is 10.5 Å². The zero-order valence-electron chi connectivity index (χ0n) is 17.5. The number of carbonyl (C=O) groups excluding carboxylic acids is 3. The van der Waals surface area contributed by atoms with Gasteiger partial charge >= 0.3 is 0 Å². The minimum atomic E-state index is -0.901. The van der Waals surface area contributed by atoms with Gasteiger partial charge < -0.3 is 4.74 Å². The van der Waals surface area contributed by atoms with Gasteiger partial charge in [0.15, 0.2) is 17.3 Å². The third-order valence-corrected chi connectivity index (χ3v) is 6.21. The van der Waals surface area contributed by atoms with Crippen molar-refractivity contribution >= 4 is 23.0 Å². The smallest absolute Gasteiger partial charge is 0.269 e. The largest absolute Gasteiger partial charge is 0.457 e. The first kappa shape index (κ1) is 20.1. The normalized spacial score (nSPS) is 21.6. The molecular formula is C25H19NO6. The molecule has 0 saturated heterocycles. The maximum atomic E-state index is 13.5. The van der Waals surface area contributed by atoms with Gasteiger partial charge in [0.1, 0.15) is 5.76 Å². The number of ketones is 3. The number of Topliss-reactive ketones (excluding diaryl/α,β-unsaturated/α-hetero) is 3. The highest BCUT2D eigenvalue weighted by molar-refractivity contribution is 6.27. The third-order valence-electron chi connectivity index (χ3n) is 6.21. The third kappa shape index (κ3) is 2.92. The second kappa shape index (κ2) is 6.82. The van der Waals surface area contributed by atoms with Crippen molar-refractivity contribution in [1.29, 1.82) is 0 Å². The first-order valence-corrected chi connectivity index (χ1v) is 10.3. The van der Waals surface area contributed by atoms with Crippen molar-refractivity contribution in [3.05, 3.63) is 98.0 Å². The molecule has 0 spiro atoms. The van der Waals surface area contributed by atoms with Crippen LogP contribution in [0.4, 0.5) is 5.69 Å². The Bertz CT molecular complexity index is 1310. The fourth-order valence-corrected chi connectivity index (χ4v) is 4.85. The van der Waals surface area contributed by atoms with Crippen molar-refractivity contribution in [1.82, 2.24) is 0 Å². The van der Waals surface area contributed by atoms with Gasteiger partial charge in [-0.1, -0.05) is 50.2 Å². The molecule has 160 valence electrons. The molecule has 0 aromatic heterocycles. The predicted molar refractivity (Wildman–Crippen MR) is 114 cm³/mol. The van der Waals surface area contributed by atoms with Gasteiger partial charge in [0.2, 0.25) is 5.78 Å².